The molecule has 2 heterocycles. The van der Waals surface area contributed by atoms with Crippen LogP contribution in [0.5, 0.6) is 0 Å². The number of fused-ring (bicyclic) bond motifs is 1. The Morgan fingerprint density at radius 1 is 1.07 bits per heavy atom. The van der Waals surface area contributed by atoms with Crippen LogP contribution in [0.15, 0.2) is 0 Å². The maximum atomic E-state index is 10.6. The van der Waals surface area contributed by atoms with Crippen LogP contribution in [0.4, 0.5) is 0 Å². The summed E-state index contributed by atoms with van der Waals surface area (Å²) in [5.41, 5.74) is 0. The van der Waals surface area contributed by atoms with Crippen LogP contribution >= 0.6 is 0 Å². The van der Waals surface area contributed by atoms with E-state index in [0.29, 0.717) is 30.7 Å². The SMILES string of the molecule is CC1CCC2CCCC(C(C)C(O)OCC3CCC(C)O3)C2CO1.O=CO.OO. The van der Waals surface area contributed by atoms with Crippen LogP contribution in [0, 0.1) is 23.7 Å². The van der Waals surface area contributed by atoms with Gasteiger partial charge in [-0.2, -0.15) is 0 Å². The second kappa shape index (κ2) is 14.3. The summed E-state index contributed by atoms with van der Waals surface area (Å²) in [6.45, 7) is 7.58. The van der Waals surface area contributed by atoms with Crippen molar-refractivity contribution in [1.29, 1.82) is 0 Å². The van der Waals surface area contributed by atoms with Crippen molar-refractivity contribution >= 4 is 6.47 Å². The van der Waals surface area contributed by atoms with Crippen LogP contribution < -0.4 is 0 Å². The molecule has 3 aliphatic rings. The predicted octanol–water partition coefficient (Wildman–Crippen LogP) is 3.47. The lowest BCUT2D eigenvalue weighted by molar-refractivity contribution is -0.176. The zero-order chi connectivity index (χ0) is 21.8. The molecule has 8 nitrogen and oxygen atoms in total. The summed E-state index contributed by atoms with van der Waals surface area (Å²) in [7, 11) is 0. The van der Waals surface area contributed by atoms with Crippen molar-refractivity contribution in [2.24, 2.45) is 23.7 Å². The first-order chi connectivity index (χ1) is 14.0. The third kappa shape index (κ3) is 8.47. The molecule has 1 aliphatic carbocycles. The fourth-order valence-corrected chi connectivity index (χ4v) is 5.05. The third-order valence-electron chi connectivity index (χ3n) is 6.68. The average molecular weight is 421 g/mol. The van der Waals surface area contributed by atoms with E-state index < -0.39 is 6.29 Å². The largest absolute Gasteiger partial charge is 0.483 e. The van der Waals surface area contributed by atoms with E-state index in [9.17, 15) is 5.11 Å². The van der Waals surface area contributed by atoms with Crippen molar-refractivity contribution in [3.8, 4) is 0 Å². The van der Waals surface area contributed by atoms with Gasteiger partial charge in [-0.15, -0.1) is 0 Å². The normalized spacial score (nSPS) is 36.2. The Morgan fingerprint density at radius 2 is 1.72 bits per heavy atom. The highest BCUT2D eigenvalue weighted by molar-refractivity contribution is 5.32. The van der Waals surface area contributed by atoms with Gasteiger partial charge in [0, 0.05) is 5.92 Å². The smallest absolute Gasteiger partial charge is 0.290 e. The molecule has 0 radical (unpaired) electrons. The van der Waals surface area contributed by atoms with Crippen molar-refractivity contribution in [2.75, 3.05) is 13.2 Å². The van der Waals surface area contributed by atoms with Crippen molar-refractivity contribution in [3.63, 3.8) is 0 Å². The summed E-state index contributed by atoms with van der Waals surface area (Å²) in [4.78, 5) is 8.36. The predicted molar refractivity (Wildman–Crippen MR) is 108 cm³/mol. The standard InChI is InChI=1S/C20H36O4.CH2O2.H2O2/c1-13-7-9-16-5-4-6-18(19(16)12-22-13)15(3)20(21)23-11-17-10-8-14(2)24-17;2-1-3;1-2/h13-21H,4-12H2,1-3H3;1H,(H,2,3);1-2H. The first-order valence-corrected chi connectivity index (χ1v) is 10.8. The van der Waals surface area contributed by atoms with E-state index in [2.05, 4.69) is 20.8 Å². The minimum atomic E-state index is -0.686. The second-order valence-corrected chi connectivity index (χ2v) is 8.57. The van der Waals surface area contributed by atoms with Gasteiger partial charge in [0.25, 0.3) is 6.47 Å². The molecule has 0 aromatic rings. The van der Waals surface area contributed by atoms with Crippen molar-refractivity contribution in [1.82, 2.24) is 0 Å². The van der Waals surface area contributed by atoms with Crippen LogP contribution in [0.25, 0.3) is 0 Å². The average Bonchev–Trinajstić information content (AvgIpc) is 3.05. The molecule has 8 unspecified atom stereocenters. The number of hydrogen-bond acceptors (Lipinski definition) is 7. The van der Waals surface area contributed by atoms with Crippen molar-refractivity contribution < 1.29 is 39.7 Å². The minimum Gasteiger partial charge on any atom is -0.483 e. The first kappa shape index (κ1) is 26.3. The molecule has 0 amide bonds. The molecule has 0 aromatic heterocycles. The van der Waals surface area contributed by atoms with E-state index in [4.69, 9.17) is 34.6 Å². The van der Waals surface area contributed by atoms with Crippen LogP contribution in [-0.2, 0) is 19.0 Å². The van der Waals surface area contributed by atoms with Crippen LogP contribution in [0.1, 0.15) is 65.7 Å². The molecular formula is C21H40O8. The quantitative estimate of drug-likeness (QED) is 0.230. The highest BCUT2D eigenvalue weighted by Gasteiger charge is 2.40. The lowest BCUT2D eigenvalue weighted by Crippen LogP contribution is -2.40. The van der Waals surface area contributed by atoms with E-state index in [1.165, 1.54) is 32.1 Å². The molecule has 2 aliphatic heterocycles. The lowest BCUT2D eigenvalue weighted by atomic mass is 9.66. The Hall–Kier alpha value is -0.770. The summed E-state index contributed by atoms with van der Waals surface area (Å²) >= 11 is 0. The summed E-state index contributed by atoms with van der Waals surface area (Å²) in [5.74, 6) is 2.02. The fraction of sp³-hybridized carbons (Fsp3) is 0.952. The summed E-state index contributed by atoms with van der Waals surface area (Å²) in [6.07, 6.45) is 8.58. The van der Waals surface area contributed by atoms with Crippen LogP contribution in [0.3, 0.4) is 0 Å². The molecule has 1 saturated carbocycles. The molecule has 4 N–H and O–H groups in total. The molecule has 3 fully saturated rings. The topological polar surface area (TPSA) is 126 Å². The molecule has 8 heteroatoms. The van der Waals surface area contributed by atoms with Gasteiger partial charge in [-0.1, -0.05) is 19.8 Å². The summed E-state index contributed by atoms with van der Waals surface area (Å²) in [5, 5.41) is 29.5. The van der Waals surface area contributed by atoms with E-state index in [1.54, 1.807) is 0 Å². The Bertz CT molecular complexity index is 435. The van der Waals surface area contributed by atoms with Gasteiger partial charge >= 0.3 is 0 Å². The molecule has 3 rings (SSSR count). The molecule has 29 heavy (non-hydrogen) atoms. The van der Waals surface area contributed by atoms with E-state index >= 15 is 0 Å². The number of aliphatic hydroxyl groups is 1. The maximum absolute atomic E-state index is 10.6. The number of carboxylic acid groups (broad SMARTS) is 1. The Morgan fingerprint density at radius 3 is 2.34 bits per heavy atom. The number of carbonyl (C=O) groups is 1. The zero-order valence-electron chi connectivity index (χ0n) is 18.0. The molecule has 8 atom stereocenters. The molecule has 0 aromatic carbocycles. The highest BCUT2D eigenvalue weighted by Crippen LogP contribution is 2.44. The number of ether oxygens (including phenoxy) is 3. The Labute approximate surface area is 174 Å². The molecule has 2 saturated heterocycles. The van der Waals surface area contributed by atoms with Gasteiger partial charge in [-0.3, -0.25) is 15.3 Å². The van der Waals surface area contributed by atoms with E-state index in [1.807, 2.05) is 0 Å². The van der Waals surface area contributed by atoms with Gasteiger partial charge in [0.1, 0.15) is 0 Å². The molecule has 0 bridgehead atoms. The summed E-state index contributed by atoms with van der Waals surface area (Å²) < 4.78 is 17.6. The van der Waals surface area contributed by atoms with Gasteiger partial charge in [0.2, 0.25) is 0 Å². The van der Waals surface area contributed by atoms with Gasteiger partial charge in [-0.25, -0.2) is 0 Å². The Kier molecular flexibility index (Phi) is 12.9. The van der Waals surface area contributed by atoms with Crippen molar-refractivity contribution in [3.05, 3.63) is 0 Å². The summed E-state index contributed by atoms with van der Waals surface area (Å²) in [6, 6.07) is 0. The fourth-order valence-electron chi connectivity index (χ4n) is 5.05. The van der Waals surface area contributed by atoms with Crippen LogP contribution in [0.2, 0.25) is 0 Å². The highest BCUT2D eigenvalue weighted by atomic mass is 17.0. The van der Waals surface area contributed by atoms with Gasteiger partial charge in [0.05, 0.1) is 31.5 Å². The minimum absolute atomic E-state index is 0.156. The monoisotopic (exact) mass is 420 g/mol. The maximum Gasteiger partial charge on any atom is 0.290 e. The zero-order valence-corrected chi connectivity index (χ0v) is 18.0. The van der Waals surface area contributed by atoms with Crippen LogP contribution in [-0.4, -0.2) is 65.0 Å². The van der Waals surface area contributed by atoms with Gasteiger partial charge in [-0.05, 0) is 63.7 Å². The first-order valence-electron chi connectivity index (χ1n) is 10.8. The van der Waals surface area contributed by atoms with E-state index in [0.717, 1.165) is 25.4 Å². The number of aliphatic hydroxyl groups excluding tert-OH is 1. The second-order valence-electron chi connectivity index (χ2n) is 8.57. The Balaban J connectivity index is 0.000000771. The molecular weight excluding hydrogens is 380 g/mol. The lowest BCUT2D eigenvalue weighted by Gasteiger charge is -2.41. The van der Waals surface area contributed by atoms with Gasteiger partial charge < -0.3 is 24.4 Å². The van der Waals surface area contributed by atoms with Crippen molar-refractivity contribution in [2.45, 2.75) is 90.3 Å². The molecule has 172 valence electrons. The third-order valence-corrected chi connectivity index (χ3v) is 6.68. The number of rotatable bonds is 5. The van der Waals surface area contributed by atoms with E-state index in [-0.39, 0.29) is 18.5 Å². The molecule has 0 spiro atoms. The van der Waals surface area contributed by atoms with Gasteiger partial charge in [0.15, 0.2) is 6.29 Å². The number of hydrogen-bond donors (Lipinski definition) is 4.